The zero-order valence-electron chi connectivity index (χ0n) is 22.8. The summed E-state index contributed by atoms with van der Waals surface area (Å²) in [6, 6.07) is 12.4. The number of nitrogens with one attached hydrogen (secondary N) is 2. The zero-order valence-corrected chi connectivity index (χ0v) is 23.6. The summed E-state index contributed by atoms with van der Waals surface area (Å²) in [5.41, 5.74) is 11.6. The van der Waals surface area contributed by atoms with Gasteiger partial charge in [0.1, 0.15) is 0 Å². The summed E-state index contributed by atoms with van der Waals surface area (Å²) in [6.07, 6.45) is 4.08. The number of carbonyl (C=O) groups is 1. The smallest absolute Gasteiger partial charge is 0.221 e. The molecule has 10 heteroatoms. The number of rotatable bonds is 13. The van der Waals surface area contributed by atoms with E-state index in [1.54, 1.807) is 11.4 Å². The Morgan fingerprint density at radius 1 is 1.23 bits per heavy atom. The molecule has 1 aliphatic heterocycles. The number of piperidine rings is 1. The lowest BCUT2D eigenvalue weighted by Gasteiger charge is -2.31. The van der Waals surface area contributed by atoms with Gasteiger partial charge in [-0.05, 0) is 78.1 Å². The number of aliphatic hydroxyl groups is 1. The van der Waals surface area contributed by atoms with Crippen LogP contribution in [0.1, 0.15) is 48.8 Å². The Kier molecular flexibility index (Phi) is 9.79. The lowest BCUT2D eigenvalue weighted by atomic mass is 9.88. The van der Waals surface area contributed by atoms with E-state index in [1.807, 2.05) is 37.4 Å². The van der Waals surface area contributed by atoms with Crippen LogP contribution < -0.4 is 11.1 Å². The summed E-state index contributed by atoms with van der Waals surface area (Å²) in [7, 11) is -1.72. The number of aromatic nitrogens is 1. The maximum absolute atomic E-state index is 12.7. The molecule has 0 radical (unpaired) electrons. The number of nitrogens with two attached hydrogens (primary N) is 1. The lowest BCUT2D eigenvalue weighted by Crippen LogP contribution is -2.39. The molecule has 9 nitrogen and oxygen atoms in total. The number of hydrogen-bond acceptors (Lipinski definition) is 6. The van der Waals surface area contributed by atoms with Crippen molar-refractivity contribution in [3.8, 4) is 11.1 Å². The van der Waals surface area contributed by atoms with E-state index >= 15 is 0 Å². The van der Waals surface area contributed by atoms with Crippen LogP contribution in [-0.4, -0.2) is 73.9 Å². The first kappa shape index (κ1) is 29.2. The molecule has 1 unspecified atom stereocenters. The Hall–Kier alpha value is -2.76. The van der Waals surface area contributed by atoms with Gasteiger partial charge in [-0.25, -0.2) is 12.7 Å². The van der Waals surface area contributed by atoms with Crippen LogP contribution in [0.4, 0.5) is 0 Å². The number of primary amides is 1. The van der Waals surface area contributed by atoms with Crippen LogP contribution in [0.15, 0.2) is 42.6 Å². The lowest BCUT2D eigenvalue weighted by molar-refractivity contribution is -0.117. The summed E-state index contributed by atoms with van der Waals surface area (Å²) in [5, 5.41) is 13.7. The first-order chi connectivity index (χ1) is 18.7. The molecule has 2 aromatic carbocycles. The molecule has 1 amide bonds. The summed E-state index contributed by atoms with van der Waals surface area (Å²) in [6.45, 7) is 4.05. The number of sulfonamides is 1. The van der Waals surface area contributed by atoms with Crippen molar-refractivity contribution < 1.29 is 23.1 Å². The normalized spacial score (nSPS) is 16.1. The molecule has 39 heavy (non-hydrogen) atoms. The molecule has 1 aromatic heterocycles. The summed E-state index contributed by atoms with van der Waals surface area (Å²) >= 11 is 0. The van der Waals surface area contributed by atoms with Gasteiger partial charge < -0.3 is 25.9 Å². The summed E-state index contributed by atoms with van der Waals surface area (Å²) in [5.74, 6) is -0.0877. The molecule has 0 aliphatic carbocycles. The van der Waals surface area contributed by atoms with Crippen molar-refractivity contribution in [1.82, 2.24) is 14.6 Å². The van der Waals surface area contributed by atoms with E-state index in [9.17, 15) is 18.3 Å². The van der Waals surface area contributed by atoms with E-state index < -0.39 is 15.9 Å². The molecule has 2 heterocycles. The highest BCUT2D eigenvalue weighted by Gasteiger charge is 2.29. The van der Waals surface area contributed by atoms with Crippen molar-refractivity contribution in [3.05, 3.63) is 59.3 Å². The fourth-order valence-corrected chi connectivity index (χ4v) is 6.84. The highest BCUT2D eigenvalue weighted by Crippen LogP contribution is 2.37. The maximum Gasteiger partial charge on any atom is 0.221 e. The Morgan fingerprint density at radius 2 is 2.00 bits per heavy atom. The molecular weight excluding hydrogens is 516 g/mol. The minimum Gasteiger partial charge on any atom is -0.395 e. The second-order valence-corrected chi connectivity index (χ2v) is 12.5. The molecule has 0 bridgehead atoms. The van der Waals surface area contributed by atoms with Crippen molar-refractivity contribution in [2.24, 2.45) is 5.73 Å². The van der Waals surface area contributed by atoms with Gasteiger partial charge in [0.15, 0.2) is 0 Å². The summed E-state index contributed by atoms with van der Waals surface area (Å²) in [4.78, 5) is 15.3. The molecule has 1 atom stereocenters. The molecular formula is C29H40N4O5S. The van der Waals surface area contributed by atoms with Crippen LogP contribution in [-0.2, 0) is 32.5 Å². The third kappa shape index (κ3) is 7.26. The predicted octanol–water partition coefficient (Wildman–Crippen LogP) is 2.88. The number of ether oxygens (including phenoxy) is 1. The number of H-pyrrole nitrogens is 1. The monoisotopic (exact) mass is 556 g/mol. The van der Waals surface area contributed by atoms with E-state index in [0.29, 0.717) is 32.7 Å². The Bertz CT molecular complexity index is 1380. The number of benzene rings is 2. The molecule has 3 aromatic rings. The topological polar surface area (TPSA) is 138 Å². The van der Waals surface area contributed by atoms with Gasteiger partial charge in [-0.15, -0.1) is 0 Å². The average Bonchev–Trinajstić information content (AvgIpc) is 3.36. The molecule has 0 saturated carbocycles. The molecule has 4 rings (SSSR count). The first-order valence-electron chi connectivity index (χ1n) is 13.5. The minimum atomic E-state index is -3.29. The first-order valence-corrected chi connectivity index (χ1v) is 15.1. The number of hydrogen-bond donors (Lipinski definition) is 4. The molecule has 212 valence electrons. The third-order valence-corrected chi connectivity index (χ3v) is 9.45. The average molecular weight is 557 g/mol. The number of methoxy groups -OCH3 is 1. The molecule has 1 saturated heterocycles. The molecule has 5 N–H and O–H groups in total. The van der Waals surface area contributed by atoms with Crippen LogP contribution in [0.3, 0.4) is 0 Å². The second-order valence-electron chi connectivity index (χ2n) is 10.4. The Morgan fingerprint density at radius 3 is 2.69 bits per heavy atom. The standard InChI is InChI=1S/C29H40N4O5S/c1-20(19-34)31-17-21-5-3-6-23(13-21)24-14-25(16-28(30)35)29-26(15-24)27(18-32-29)22-7-9-33(10-8-22)39(36,37)12-4-11-38-2/h3,5-6,13-15,18,20,22,31-32,34H,4,7-12,16-17,19H2,1-2H3,(H2,30,35). The highest BCUT2D eigenvalue weighted by atomic mass is 32.2. The fourth-order valence-electron chi connectivity index (χ4n) is 5.34. The van der Waals surface area contributed by atoms with Gasteiger partial charge in [0.2, 0.25) is 15.9 Å². The van der Waals surface area contributed by atoms with Crippen molar-refractivity contribution in [2.75, 3.05) is 39.2 Å². The molecule has 0 spiro atoms. The number of nitrogens with zero attached hydrogens (tertiary/aromatic N) is 1. The van der Waals surface area contributed by atoms with Gasteiger partial charge in [-0.1, -0.05) is 18.2 Å². The van der Waals surface area contributed by atoms with Crippen molar-refractivity contribution in [1.29, 1.82) is 0 Å². The van der Waals surface area contributed by atoms with Crippen LogP contribution in [0.25, 0.3) is 22.0 Å². The summed E-state index contributed by atoms with van der Waals surface area (Å²) < 4.78 is 32.1. The number of aliphatic hydroxyl groups excluding tert-OH is 1. The van der Waals surface area contributed by atoms with Gasteiger partial charge in [-0.2, -0.15) is 0 Å². The van der Waals surface area contributed by atoms with Crippen molar-refractivity contribution in [3.63, 3.8) is 0 Å². The van der Waals surface area contributed by atoms with Crippen LogP contribution in [0.2, 0.25) is 0 Å². The van der Waals surface area contributed by atoms with Crippen LogP contribution in [0, 0.1) is 0 Å². The van der Waals surface area contributed by atoms with Crippen LogP contribution in [0.5, 0.6) is 0 Å². The number of fused-ring (bicyclic) bond motifs is 1. The van der Waals surface area contributed by atoms with E-state index in [-0.39, 0.29) is 30.7 Å². The minimum absolute atomic E-state index is 0.00125. The van der Waals surface area contributed by atoms with E-state index in [1.165, 1.54) is 0 Å². The maximum atomic E-state index is 12.7. The second kappa shape index (κ2) is 13.1. The van der Waals surface area contributed by atoms with Gasteiger partial charge in [0.25, 0.3) is 0 Å². The van der Waals surface area contributed by atoms with Crippen molar-refractivity contribution in [2.45, 2.75) is 51.1 Å². The van der Waals surface area contributed by atoms with E-state index in [4.69, 9.17) is 10.5 Å². The number of aromatic amines is 1. The van der Waals surface area contributed by atoms with E-state index in [2.05, 4.69) is 22.4 Å². The Labute approximate surface area is 230 Å². The van der Waals surface area contributed by atoms with Gasteiger partial charge >= 0.3 is 0 Å². The fraction of sp³-hybridized carbons (Fsp3) is 0.483. The Balaban J connectivity index is 1.61. The SMILES string of the molecule is COCCCS(=O)(=O)N1CCC(c2c[nH]c3c(CC(N)=O)cc(-c4cccc(CNC(C)CO)c4)cc23)CC1. The van der Waals surface area contributed by atoms with Gasteiger partial charge in [0.05, 0.1) is 18.8 Å². The number of amides is 1. The van der Waals surface area contributed by atoms with Crippen LogP contribution >= 0.6 is 0 Å². The third-order valence-electron chi connectivity index (χ3n) is 7.49. The predicted molar refractivity (Wildman–Crippen MR) is 154 cm³/mol. The molecule has 1 aliphatic rings. The van der Waals surface area contributed by atoms with Crippen molar-refractivity contribution >= 4 is 26.8 Å². The largest absolute Gasteiger partial charge is 0.395 e. The van der Waals surface area contributed by atoms with Gasteiger partial charge in [0, 0.05) is 56.5 Å². The zero-order chi connectivity index (χ0) is 28.0. The molecule has 1 fully saturated rings. The highest BCUT2D eigenvalue weighted by molar-refractivity contribution is 7.89. The van der Waals surface area contributed by atoms with Gasteiger partial charge in [-0.3, -0.25) is 4.79 Å². The number of carbonyl (C=O) groups excluding carboxylic acids is 1. The van der Waals surface area contributed by atoms with E-state index in [0.717, 1.165) is 51.6 Å². The quantitative estimate of drug-likeness (QED) is 0.239.